The molecule has 172 valence electrons. The second-order valence-electron chi connectivity index (χ2n) is 7.82. The van der Waals surface area contributed by atoms with E-state index in [0.717, 1.165) is 64.5 Å². The number of benzene rings is 1. The topological polar surface area (TPSA) is 101 Å². The van der Waals surface area contributed by atoms with Gasteiger partial charge in [-0.2, -0.15) is 0 Å². The number of hydrazone groups is 1. The van der Waals surface area contributed by atoms with E-state index >= 15 is 0 Å². The Hall–Kier alpha value is -3.12. The SMILES string of the molecule is C=C(Nc1ccccc1N1CCC(NC)CC1)c1csc(Nc2ccsc2C2=NNNN2)n1. The van der Waals surface area contributed by atoms with Crippen molar-refractivity contribution in [1.29, 1.82) is 0 Å². The van der Waals surface area contributed by atoms with E-state index in [4.69, 9.17) is 4.98 Å². The van der Waals surface area contributed by atoms with Crippen molar-refractivity contribution in [3.63, 3.8) is 0 Å². The van der Waals surface area contributed by atoms with Gasteiger partial charge in [-0.15, -0.1) is 33.3 Å². The first-order valence-corrected chi connectivity index (χ1v) is 12.6. The fourth-order valence-electron chi connectivity index (χ4n) is 3.97. The molecule has 3 aromatic rings. The second kappa shape index (κ2) is 9.79. The number of para-hydroxylation sites is 2. The zero-order valence-corrected chi connectivity index (χ0v) is 19.9. The highest BCUT2D eigenvalue weighted by Crippen LogP contribution is 2.32. The number of thiophene rings is 1. The lowest BCUT2D eigenvalue weighted by atomic mass is 10.0. The first-order chi connectivity index (χ1) is 16.2. The Morgan fingerprint density at radius 3 is 2.79 bits per heavy atom. The number of amidine groups is 1. The molecule has 0 saturated carbocycles. The number of anilines is 4. The van der Waals surface area contributed by atoms with Crippen LogP contribution in [0.15, 0.2) is 52.8 Å². The normalized spacial score (nSPS) is 16.2. The second-order valence-corrected chi connectivity index (χ2v) is 9.59. The van der Waals surface area contributed by atoms with E-state index in [9.17, 15) is 0 Å². The molecule has 9 nitrogen and oxygen atoms in total. The predicted molar refractivity (Wildman–Crippen MR) is 139 cm³/mol. The number of thiazole rings is 1. The number of aromatic nitrogens is 1. The number of hydrazine groups is 2. The molecule has 0 radical (unpaired) electrons. The van der Waals surface area contributed by atoms with Gasteiger partial charge < -0.3 is 20.9 Å². The van der Waals surface area contributed by atoms with Crippen LogP contribution >= 0.6 is 22.7 Å². The van der Waals surface area contributed by atoms with Crippen LogP contribution in [0.3, 0.4) is 0 Å². The molecular weight excluding hydrogens is 454 g/mol. The van der Waals surface area contributed by atoms with Gasteiger partial charge in [-0.05, 0) is 43.5 Å². The fourth-order valence-corrected chi connectivity index (χ4v) is 5.51. The van der Waals surface area contributed by atoms with Crippen molar-refractivity contribution in [1.82, 2.24) is 26.8 Å². The minimum Gasteiger partial charge on any atom is -0.370 e. The Labute approximate surface area is 200 Å². The van der Waals surface area contributed by atoms with Gasteiger partial charge in [0.1, 0.15) is 0 Å². The molecule has 0 aliphatic carbocycles. The van der Waals surface area contributed by atoms with Gasteiger partial charge in [0.2, 0.25) is 0 Å². The number of nitrogens with one attached hydrogen (secondary N) is 6. The molecule has 0 amide bonds. The standard InChI is InChI=1S/C22H27N9S2/c1-14(24-16-5-3-4-6-19(16)31-10-7-15(23-2)8-11-31)18-13-33-22(26-18)25-17-9-12-32-20(17)21-27-29-30-28-21/h3-6,9,12-13,15,23-24,29-30H,1,7-8,10-11H2,2H3,(H,25,26)(H,27,28). The third-order valence-corrected chi connectivity index (χ3v) is 7.45. The van der Waals surface area contributed by atoms with Gasteiger partial charge >= 0.3 is 0 Å². The van der Waals surface area contributed by atoms with Gasteiger partial charge in [0.05, 0.1) is 33.3 Å². The smallest absolute Gasteiger partial charge is 0.187 e. The molecule has 2 aromatic heterocycles. The van der Waals surface area contributed by atoms with Gasteiger partial charge in [-0.1, -0.05) is 18.7 Å². The monoisotopic (exact) mass is 481 g/mol. The van der Waals surface area contributed by atoms with Gasteiger partial charge in [-0.25, -0.2) is 10.5 Å². The van der Waals surface area contributed by atoms with E-state index < -0.39 is 0 Å². The fraction of sp³-hybridized carbons (Fsp3) is 0.273. The van der Waals surface area contributed by atoms with Crippen molar-refractivity contribution in [2.75, 3.05) is 35.7 Å². The van der Waals surface area contributed by atoms with Crippen LogP contribution in [0.4, 0.5) is 22.2 Å². The molecule has 0 unspecified atom stereocenters. The number of hydrogen-bond acceptors (Lipinski definition) is 11. The van der Waals surface area contributed by atoms with Crippen molar-refractivity contribution in [3.8, 4) is 0 Å². The van der Waals surface area contributed by atoms with Crippen LogP contribution in [0.1, 0.15) is 23.4 Å². The Morgan fingerprint density at radius 1 is 1.15 bits per heavy atom. The van der Waals surface area contributed by atoms with Gasteiger partial charge in [0.25, 0.3) is 0 Å². The lowest BCUT2D eigenvalue weighted by Crippen LogP contribution is -2.41. The maximum Gasteiger partial charge on any atom is 0.187 e. The average molecular weight is 482 g/mol. The summed E-state index contributed by atoms with van der Waals surface area (Å²) in [6.45, 7) is 6.33. The molecule has 0 bridgehead atoms. The molecule has 2 aliphatic heterocycles. The summed E-state index contributed by atoms with van der Waals surface area (Å²) in [5.74, 6) is 0.741. The molecule has 1 fully saturated rings. The highest BCUT2D eigenvalue weighted by Gasteiger charge is 2.20. The summed E-state index contributed by atoms with van der Waals surface area (Å²) in [6.07, 6.45) is 2.29. The van der Waals surface area contributed by atoms with Crippen LogP contribution in [0.2, 0.25) is 0 Å². The third kappa shape index (κ3) is 4.81. The maximum atomic E-state index is 4.75. The molecule has 0 spiro atoms. The van der Waals surface area contributed by atoms with E-state index in [1.165, 1.54) is 5.69 Å². The molecule has 33 heavy (non-hydrogen) atoms. The van der Waals surface area contributed by atoms with E-state index in [1.807, 2.05) is 23.9 Å². The van der Waals surface area contributed by atoms with Crippen LogP contribution in [0.25, 0.3) is 5.70 Å². The molecule has 2 aliphatic rings. The first kappa shape index (κ1) is 21.7. The predicted octanol–water partition coefficient (Wildman–Crippen LogP) is 3.49. The summed E-state index contributed by atoms with van der Waals surface area (Å²) in [4.78, 5) is 8.19. The van der Waals surface area contributed by atoms with Crippen LogP contribution < -0.4 is 37.3 Å². The molecule has 4 heterocycles. The first-order valence-electron chi connectivity index (χ1n) is 10.8. The highest BCUT2D eigenvalue weighted by atomic mass is 32.1. The van der Waals surface area contributed by atoms with Crippen molar-refractivity contribution in [2.45, 2.75) is 18.9 Å². The largest absolute Gasteiger partial charge is 0.370 e. The third-order valence-electron chi connectivity index (χ3n) is 5.77. The van der Waals surface area contributed by atoms with Crippen molar-refractivity contribution in [2.24, 2.45) is 5.10 Å². The number of nitrogens with zero attached hydrogens (tertiary/aromatic N) is 3. The van der Waals surface area contributed by atoms with Gasteiger partial charge in [0.15, 0.2) is 11.0 Å². The molecule has 1 aromatic carbocycles. The van der Waals surface area contributed by atoms with Gasteiger partial charge in [0, 0.05) is 24.5 Å². The van der Waals surface area contributed by atoms with E-state index in [-0.39, 0.29) is 0 Å². The van der Waals surface area contributed by atoms with Gasteiger partial charge in [-0.3, -0.25) is 5.43 Å². The molecule has 1 saturated heterocycles. The Balaban J connectivity index is 1.26. The summed E-state index contributed by atoms with van der Waals surface area (Å²) in [6, 6.07) is 11.0. The van der Waals surface area contributed by atoms with Crippen LogP contribution in [0, 0.1) is 0 Å². The van der Waals surface area contributed by atoms with E-state index in [2.05, 4.69) is 73.3 Å². The van der Waals surface area contributed by atoms with E-state index in [0.29, 0.717) is 6.04 Å². The lowest BCUT2D eigenvalue weighted by molar-refractivity contribution is 0.442. The van der Waals surface area contributed by atoms with Crippen LogP contribution in [-0.4, -0.2) is 37.0 Å². The maximum absolute atomic E-state index is 4.75. The molecular formula is C22H27N9S2. The summed E-state index contributed by atoms with van der Waals surface area (Å²) >= 11 is 3.15. The van der Waals surface area contributed by atoms with Crippen molar-refractivity contribution >= 4 is 56.4 Å². The Bertz CT molecular complexity index is 1140. The van der Waals surface area contributed by atoms with Crippen LogP contribution in [0.5, 0.6) is 0 Å². The van der Waals surface area contributed by atoms with E-state index in [1.54, 1.807) is 22.7 Å². The zero-order chi connectivity index (χ0) is 22.6. The van der Waals surface area contributed by atoms with Crippen molar-refractivity contribution in [3.05, 3.63) is 58.2 Å². The number of rotatable bonds is 8. The lowest BCUT2D eigenvalue weighted by Gasteiger charge is -2.34. The number of hydrogen-bond donors (Lipinski definition) is 6. The number of piperidine rings is 1. The minimum atomic E-state index is 0.602. The summed E-state index contributed by atoms with van der Waals surface area (Å²) in [7, 11) is 2.05. The summed E-state index contributed by atoms with van der Waals surface area (Å²) in [5.41, 5.74) is 13.2. The average Bonchev–Trinajstić information content (AvgIpc) is 3.62. The Kier molecular flexibility index (Phi) is 6.44. The zero-order valence-electron chi connectivity index (χ0n) is 18.3. The highest BCUT2D eigenvalue weighted by molar-refractivity contribution is 7.14. The molecule has 5 rings (SSSR count). The van der Waals surface area contributed by atoms with Crippen LogP contribution in [-0.2, 0) is 0 Å². The minimum absolute atomic E-state index is 0.602. The molecule has 0 atom stereocenters. The molecule has 6 N–H and O–H groups in total. The Morgan fingerprint density at radius 2 is 2.00 bits per heavy atom. The summed E-state index contributed by atoms with van der Waals surface area (Å²) < 4.78 is 0. The summed E-state index contributed by atoms with van der Waals surface area (Å²) in [5, 5.41) is 19.3. The van der Waals surface area contributed by atoms with Crippen molar-refractivity contribution < 1.29 is 0 Å². The quantitative estimate of drug-likeness (QED) is 0.291. The molecule has 11 heteroatoms.